The first-order chi connectivity index (χ1) is 7.29. The van der Waals surface area contributed by atoms with Crippen LogP contribution in [0.5, 0.6) is 0 Å². The van der Waals surface area contributed by atoms with Crippen LogP contribution >= 0.6 is 27.5 Å². The number of hydrogen-bond acceptors (Lipinski definition) is 2. The number of rotatable bonds is 1. The molecule has 0 saturated heterocycles. The highest BCUT2D eigenvalue weighted by atomic mass is 79.9. The van der Waals surface area contributed by atoms with E-state index in [9.17, 15) is 18.0 Å². The van der Waals surface area contributed by atoms with E-state index >= 15 is 0 Å². The van der Waals surface area contributed by atoms with Gasteiger partial charge in [0.25, 0.3) is 0 Å². The molecule has 0 atom stereocenters. The number of methoxy groups -OCH3 is 1. The summed E-state index contributed by atoms with van der Waals surface area (Å²) in [7, 11) is 1.06. The lowest BCUT2D eigenvalue weighted by Gasteiger charge is -2.12. The fourth-order valence-electron chi connectivity index (χ4n) is 1.06. The minimum absolute atomic E-state index is 0.150. The Hall–Kier alpha value is -0.750. The number of alkyl halides is 3. The molecule has 0 unspecified atom stereocenters. The minimum atomic E-state index is -4.61. The predicted molar refractivity (Wildman–Crippen MR) is 55.5 cm³/mol. The van der Waals surface area contributed by atoms with E-state index in [0.717, 1.165) is 19.2 Å². The molecule has 0 amide bonds. The van der Waals surface area contributed by atoms with Crippen LogP contribution < -0.4 is 0 Å². The maximum Gasteiger partial charge on any atom is 0.417 e. The highest BCUT2D eigenvalue weighted by Crippen LogP contribution is 2.38. The van der Waals surface area contributed by atoms with Crippen molar-refractivity contribution in [3.05, 3.63) is 32.8 Å². The molecule has 0 aliphatic heterocycles. The lowest BCUT2D eigenvalue weighted by Crippen LogP contribution is -2.11. The number of halogens is 5. The average Bonchev–Trinajstić information content (AvgIpc) is 2.15. The Labute approximate surface area is 102 Å². The highest BCUT2D eigenvalue weighted by molar-refractivity contribution is 9.10. The molecule has 0 aliphatic rings. The summed E-state index contributed by atoms with van der Waals surface area (Å²) in [5.41, 5.74) is -1.41. The fourth-order valence-corrected chi connectivity index (χ4v) is 2.02. The van der Waals surface area contributed by atoms with Crippen LogP contribution in [0.1, 0.15) is 15.9 Å². The Balaban J connectivity index is 3.45. The monoisotopic (exact) mass is 316 g/mol. The average molecular weight is 317 g/mol. The first-order valence-corrected chi connectivity index (χ1v) is 5.09. The van der Waals surface area contributed by atoms with Crippen molar-refractivity contribution in [3.63, 3.8) is 0 Å². The van der Waals surface area contributed by atoms with Gasteiger partial charge in [0.15, 0.2) is 0 Å². The molecular formula is C9H5BrClF3O2. The quantitative estimate of drug-likeness (QED) is 0.734. The number of benzene rings is 1. The van der Waals surface area contributed by atoms with Crippen molar-refractivity contribution >= 4 is 33.5 Å². The fraction of sp³-hybridized carbons (Fsp3) is 0.222. The van der Waals surface area contributed by atoms with Crippen molar-refractivity contribution in [2.24, 2.45) is 0 Å². The zero-order valence-corrected chi connectivity index (χ0v) is 10.2. The molecule has 1 rings (SSSR count). The zero-order chi connectivity index (χ0) is 12.5. The van der Waals surface area contributed by atoms with Crippen molar-refractivity contribution in [3.8, 4) is 0 Å². The minimum Gasteiger partial charge on any atom is -0.465 e. The zero-order valence-electron chi connectivity index (χ0n) is 7.86. The van der Waals surface area contributed by atoms with Crippen molar-refractivity contribution in [1.29, 1.82) is 0 Å². The molecular weight excluding hydrogens is 312 g/mol. The Kier molecular flexibility index (Phi) is 3.85. The SMILES string of the molecule is COC(=O)c1c(Br)ccc(C(F)(F)F)c1Cl. The largest absolute Gasteiger partial charge is 0.465 e. The number of carbonyl (C=O) groups excluding carboxylic acids is 1. The lowest BCUT2D eigenvalue weighted by atomic mass is 10.1. The summed E-state index contributed by atoms with van der Waals surface area (Å²) in [4.78, 5) is 11.2. The third-order valence-corrected chi connectivity index (χ3v) is 2.84. The Morgan fingerprint density at radius 2 is 2.00 bits per heavy atom. The van der Waals surface area contributed by atoms with Gasteiger partial charge in [0.05, 0.1) is 23.3 Å². The Bertz CT molecular complexity index is 431. The van der Waals surface area contributed by atoms with Crippen LogP contribution in [0.4, 0.5) is 13.2 Å². The molecule has 0 radical (unpaired) electrons. The normalized spacial score (nSPS) is 11.4. The van der Waals surface area contributed by atoms with E-state index in [1.165, 1.54) is 0 Å². The molecule has 0 N–H and O–H groups in total. The number of carbonyl (C=O) groups is 1. The second kappa shape index (κ2) is 4.63. The molecule has 0 aromatic heterocycles. The summed E-state index contributed by atoms with van der Waals surface area (Å²) in [6.45, 7) is 0. The van der Waals surface area contributed by atoms with Crippen LogP contribution in [0.15, 0.2) is 16.6 Å². The standard InChI is InChI=1S/C9H5BrClF3O2/c1-16-8(15)6-5(10)3-2-4(7(6)11)9(12,13)14/h2-3H,1H3. The molecule has 7 heteroatoms. The van der Waals surface area contributed by atoms with Gasteiger partial charge < -0.3 is 4.74 Å². The summed E-state index contributed by atoms with van der Waals surface area (Å²) < 4.78 is 41.9. The van der Waals surface area contributed by atoms with Crippen LogP contribution in [0, 0.1) is 0 Å². The van der Waals surface area contributed by atoms with Crippen LogP contribution in [-0.2, 0) is 10.9 Å². The number of hydrogen-bond donors (Lipinski definition) is 0. The molecule has 16 heavy (non-hydrogen) atoms. The van der Waals surface area contributed by atoms with E-state index < -0.39 is 22.7 Å². The van der Waals surface area contributed by atoms with E-state index in [4.69, 9.17) is 11.6 Å². The first kappa shape index (κ1) is 13.3. The van der Waals surface area contributed by atoms with Crippen LogP contribution in [0.2, 0.25) is 5.02 Å². The third-order valence-electron chi connectivity index (χ3n) is 1.79. The van der Waals surface area contributed by atoms with Gasteiger partial charge in [-0.3, -0.25) is 0 Å². The second-order valence-corrected chi connectivity index (χ2v) is 4.01. The molecule has 0 fully saturated rings. The lowest BCUT2D eigenvalue weighted by molar-refractivity contribution is -0.137. The third kappa shape index (κ3) is 2.49. The molecule has 0 spiro atoms. The van der Waals surface area contributed by atoms with Gasteiger partial charge in [-0.2, -0.15) is 13.2 Å². The molecule has 0 bridgehead atoms. The van der Waals surface area contributed by atoms with E-state index in [2.05, 4.69) is 20.7 Å². The summed E-state index contributed by atoms with van der Waals surface area (Å²) in [6, 6.07) is 1.89. The van der Waals surface area contributed by atoms with Crippen LogP contribution in [0.25, 0.3) is 0 Å². The number of esters is 1. The van der Waals surface area contributed by atoms with Gasteiger partial charge >= 0.3 is 12.1 Å². The van der Waals surface area contributed by atoms with Gasteiger partial charge in [0.1, 0.15) is 0 Å². The maximum absolute atomic E-state index is 12.5. The summed E-state index contributed by atoms with van der Waals surface area (Å²) >= 11 is 8.46. The maximum atomic E-state index is 12.5. The predicted octanol–water partition coefficient (Wildman–Crippen LogP) is 3.91. The molecule has 0 aliphatic carbocycles. The van der Waals surface area contributed by atoms with Crippen molar-refractivity contribution in [2.75, 3.05) is 7.11 Å². The first-order valence-electron chi connectivity index (χ1n) is 3.92. The van der Waals surface area contributed by atoms with Gasteiger partial charge in [-0.1, -0.05) is 11.6 Å². The van der Waals surface area contributed by atoms with Gasteiger partial charge in [0, 0.05) is 4.47 Å². The summed E-state index contributed by atoms with van der Waals surface area (Å²) in [5, 5.41) is -0.672. The van der Waals surface area contributed by atoms with E-state index in [1.54, 1.807) is 0 Å². The molecule has 88 valence electrons. The van der Waals surface area contributed by atoms with Crippen LogP contribution in [-0.4, -0.2) is 13.1 Å². The Morgan fingerprint density at radius 1 is 1.44 bits per heavy atom. The highest BCUT2D eigenvalue weighted by Gasteiger charge is 2.35. The molecule has 2 nitrogen and oxygen atoms in total. The summed E-state index contributed by atoms with van der Waals surface area (Å²) in [5.74, 6) is -0.928. The van der Waals surface area contributed by atoms with Gasteiger partial charge in [-0.15, -0.1) is 0 Å². The van der Waals surface area contributed by atoms with E-state index in [0.29, 0.717) is 0 Å². The van der Waals surface area contributed by atoms with Crippen LogP contribution in [0.3, 0.4) is 0 Å². The van der Waals surface area contributed by atoms with Gasteiger partial charge in [-0.05, 0) is 28.1 Å². The van der Waals surface area contributed by atoms with Gasteiger partial charge in [0.2, 0.25) is 0 Å². The molecule has 0 saturated carbocycles. The molecule has 1 aromatic carbocycles. The summed E-state index contributed by atoms with van der Waals surface area (Å²) in [6.07, 6.45) is -4.61. The molecule has 1 aromatic rings. The van der Waals surface area contributed by atoms with Crippen molar-refractivity contribution in [2.45, 2.75) is 6.18 Å². The Morgan fingerprint density at radius 3 is 2.44 bits per heavy atom. The van der Waals surface area contributed by atoms with Crippen molar-refractivity contribution in [1.82, 2.24) is 0 Å². The topological polar surface area (TPSA) is 26.3 Å². The van der Waals surface area contributed by atoms with E-state index in [1.807, 2.05) is 0 Å². The number of ether oxygens (including phenoxy) is 1. The van der Waals surface area contributed by atoms with Gasteiger partial charge in [-0.25, -0.2) is 4.79 Å². The smallest absolute Gasteiger partial charge is 0.417 e. The second-order valence-electron chi connectivity index (χ2n) is 2.77. The van der Waals surface area contributed by atoms with Crippen molar-refractivity contribution < 1.29 is 22.7 Å². The molecule has 0 heterocycles. The van der Waals surface area contributed by atoms with E-state index in [-0.39, 0.29) is 10.0 Å².